The van der Waals surface area contributed by atoms with E-state index in [1.807, 2.05) is 0 Å². The van der Waals surface area contributed by atoms with Gasteiger partial charge in [-0.3, -0.25) is 15.5 Å². The number of sulfonamides is 1. The topological polar surface area (TPSA) is 123 Å². The third kappa shape index (κ3) is 4.07. The van der Waals surface area contributed by atoms with Crippen LogP contribution in [0.3, 0.4) is 0 Å². The molecule has 0 aromatic heterocycles. The summed E-state index contributed by atoms with van der Waals surface area (Å²) in [6.07, 6.45) is 3.06. The molecule has 158 valence electrons. The lowest BCUT2D eigenvalue weighted by Crippen LogP contribution is -2.27. The molecule has 4 rings (SSSR count). The number of hydrogen-bond donors (Lipinski definition) is 1. The van der Waals surface area contributed by atoms with Crippen LogP contribution in [0, 0.1) is 10.1 Å². The average molecular weight is 432 g/mol. The fourth-order valence-electron chi connectivity index (χ4n) is 3.31. The van der Waals surface area contributed by atoms with Crippen LogP contribution in [0.4, 0.5) is 11.4 Å². The summed E-state index contributed by atoms with van der Waals surface area (Å²) in [6.45, 7) is 1.81. The van der Waals surface area contributed by atoms with Crippen LogP contribution in [-0.2, 0) is 10.0 Å². The van der Waals surface area contributed by atoms with Crippen molar-refractivity contribution in [2.45, 2.75) is 17.7 Å². The van der Waals surface area contributed by atoms with Crippen LogP contribution in [0.2, 0.25) is 0 Å². The molecule has 0 saturated carbocycles. The molecule has 2 heterocycles. The summed E-state index contributed by atoms with van der Waals surface area (Å²) in [5, 5.41) is 15.5. The van der Waals surface area contributed by atoms with Gasteiger partial charge in [0.1, 0.15) is 18.9 Å². The number of anilines is 1. The first-order valence-electron chi connectivity index (χ1n) is 9.42. The van der Waals surface area contributed by atoms with Crippen molar-refractivity contribution in [1.82, 2.24) is 4.31 Å². The molecule has 0 aliphatic carbocycles. The fraction of sp³-hybridized carbons (Fsp3) is 0.316. The van der Waals surface area contributed by atoms with E-state index in [1.54, 1.807) is 18.2 Å². The van der Waals surface area contributed by atoms with E-state index in [-0.39, 0.29) is 16.3 Å². The van der Waals surface area contributed by atoms with Crippen molar-refractivity contribution in [2.75, 3.05) is 31.7 Å². The standard InChI is InChI=1S/C19H20N4O6S/c24-23(25)17-12-15(30(26,27)22-7-1-2-8-22)4-5-16(17)21-20-13-14-3-6-18-19(11-14)29-10-9-28-18/h3-6,11-13,21H,1-2,7-10H2/b20-13-. The third-order valence-corrected chi connectivity index (χ3v) is 6.73. The third-order valence-electron chi connectivity index (χ3n) is 4.83. The maximum atomic E-state index is 12.7. The van der Waals surface area contributed by atoms with Gasteiger partial charge in [-0.15, -0.1) is 0 Å². The zero-order chi connectivity index (χ0) is 21.1. The van der Waals surface area contributed by atoms with Crippen molar-refractivity contribution < 1.29 is 22.8 Å². The molecular formula is C19H20N4O6S. The van der Waals surface area contributed by atoms with Gasteiger partial charge in [0.2, 0.25) is 10.0 Å². The quantitative estimate of drug-likeness (QED) is 0.423. The number of benzene rings is 2. The number of ether oxygens (including phenoxy) is 2. The Kier molecular flexibility index (Phi) is 5.55. The highest BCUT2D eigenvalue weighted by atomic mass is 32.2. The van der Waals surface area contributed by atoms with Crippen molar-refractivity contribution >= 4 is 27.6 Å². The van der Waals surface area contributed by atoms with Gasteiger partial charge >= 0.3 is 0 Å². The van der Waals surface area contributed by atoms with Crippen LogP contribution in [-0.4, -0.2) is 50.2 Å². The smallest absolute Gasteiger partial charge is 0.295 e. The molecule has 11 heteroatoms. The van der Waals surface area contributed by atoms with E-state index in [0.29, 0.717) is 43.4 Å². The molecule has 1 saturated heterocycles. The lowest BCUT2D eigenvalue weighted by molar-refractivity contribution is -0.384. The number of fused-ring (bicyclic) bond motifs is 1. The monoisotopic (exact) mass is 432 g/mol. The highest BCUT2D eigenvalue weighted by molar-refractivity contribution is 7.89. The van der Waals surface area contributed by atoms with E-state index in [9.17, 15) is 18.5 Å². The van der Waals surface area contributed by atoms with Crippen LogP contribution in [0.5, 0.6) is 11.5 Å². The average Bonchev–Trinajstić information content (AvgIpc) is 3.29. The SMILES string of the molecule is O=[N+]([O-])c1cc(S(=O)(=O)N2CCCC2)ccc1N/N=C\c1ccc2c(c1)OCCO2. The van der Waals surface area contributed by atoms with Gasteiger partial charge < -0.3 is 9.47 Å². The lowest BCUT2D eigenvalue weighted by atomic mass is 10.2. The minimum atomic E-state index is -3.75. The first-order chi connectivity index (χ1) is 14.4. The second-order valence-electron chi connectivity index (χ2n) is 6.82. The predicted molar refractivity (Wildman–Crippen MR) is 110 cm³/mol. The molecule has 1 fully saturated rings. The molecule has 2 aliphatic rings. The predicted octanol–water partition coefficient (Wildman–Crippen LogP) is 2.60. The lowest BCUT2D eigenvalue weighted by Gasteiger charge is -2.18. The molecule has 10 nitrogen and oxygen atoms in total. The number of rotatable bonds is 6. The summed E-state index contributed by atoms with van der Waals surface area (Å²) in [4.78, 5) is 10.8. The van der Waals surface area contributed by atoms with Crippen molar-refractivity contribution in [1.29, 1.82) is 0 Å². The van der Waals surface area contributed by atoms with Crippen LogP contribution < -0.4 is 14.9 Å². The van der Waals surface area contributed by atoms with Gasteiger partial charge in [0, 0.05) is 19.2 Å². The molecule has 2 aliphatic heterocycles. The van der Waals surface area contributed by atoms with Crippen molar-refractivity contribution in [2.24, 2.45) is 5.10 Å². The highest BCUT2D eigenvalue weighted by Gasteiger charge is 2.29. The van der Waals surface area contributed by atoms with Crippen molar-refractivity contribution in [3.8, 4) is 11.5 Å². The second-order valence-corrected chi connectivity index (χ2v) is 8.76. The Hall–Kier alpha value is -3.18. The minimum Gasteiger partial charge on any atom is -0.486 e. The molecular weight excluding hydrogens is 412 g/mol. The number of nitrogens with one attached hydrogen (secondary N) is 1. The van der Waals surface area contributed by atoms with Crippen molar-refractivity contribution in [3.63, 3.8) is 0 Å². The molecule has 1 N–H and O–H groups in total. The Morgan fingerprint density at radius 3 is 2.53 bits per heavy atom. The number of nitro benzene ring substituents is 1. The first-order valence-corrected chi connectivity index (χ1v) is 10.9. The van der Waals surface area contributed by atoms with Crippen LogP contribution >= 0.6 is 0 Å². The zero-order valence-corrected chi connectivity index (χ0v) is 16.8. The zero-order valence-electron chi connectivity index (χ0n) is 16.0. The van der Waals surface area contributed by atoms with Gasteiger partial charge in [0.25, 0.3) is 5.69 Å². The molecule has 0 atom stereocenters. The van der Waals surface area contributed by atoms with E-state index < -0.39 is 14.9 Å². The summed E-state index contributed by atoms with van der Waals surface area (Å²) in [5.74, 6) is 1.25. The first kappa shape index (κ1) is 20.1. The van der Waals surface area contributed by atoms with E-state index >= 15 is 0 Å². The molecule has 0 bridgehead atoms. The van der Waals surface area contributed by atoms with Crippen LogP contribution in [0.25, 0.3) is 0 Å². The van der Waals surface area contributed by atoms with Crippen LogP contribution in [0.1, 0.15) is 18.4 Å². The molecule has 0 spiro atoms. The van der Waals surface area contributed by atoms with Gasteiger partial charge in [-0.05, 0) is 48.7 Å². The molecule has 0 amide bonds. The summed E-state index contributed by atoms with van der Waals surface area (Å²) in [5.41, 5.74) is 3.06. The number of hydrogen-bond acceptors (Lipinski definition) is 8. The maximum absolute atomic E-state index is 12.7. The van der Waals surface area contributed by atoms with E-state index in [4.69, 9.17) is 9.47 Å². The Morgan fingerprint density at radius 2 is 1.80 bits per heavy atom. The Labute approximate surface area is 173 Å². The van der Waals surface area contributed by atoms with Gasteiger partial charge in [-0.25, -0.2) is 8.42 Å². The molecule has 2 aromatic rings. The largest absolute Gasteiger partial charge is 0.486 e. The van der Waals surface area contributed by atoms with Crippen molar-refractivity contribution in [3.05, 3.63) is 52.1 Å². The number of nitro groups is 1. The van der Waals surface area contributed by atoms with E-state index in [1.165, 1.54) is 22.7 Å². The molecule has 2 aromatic carbocycles. The summed E-state index contributed by atoms with van der Waals surface area (Å²) >= 11 is 0. The van der Waals surface area contributed by atoms with Gasteiger partial charge in [0.05, 0.1) is 16.0 Å². The number of hydrazone groups is 1. The highest BCUT2D eigenvalue weighted by Crippen LogP contribution is 2.31. The summed E-state index contributed by atoms with van der Waals surface area (Å²) in [7, 11) is -3.75. The normalized spacial score (nSPS) is 16.7. The molecule has 0 radical (unpaired) electrons. The second kappa shape index (κ2) is 8.28. The van der Waals surface area contributed by atoms with Crippen LogP contribution in [0.15, 0.2) is 46.4 Å². The summed E-state index contributed by atoms with van der Waals surface area (Å²) < 4.78 is 37.6. The number of nitrogens with zero attached hydrogens (tertiary/aromatic N) is 3. The van der Waals surface area contributed by atoms with E-state index in [2.05, 4.69) is 10.5 Å². The van der Waals surface area contributed by atoms with Gasteiger partial charge in [-0.1, -0.05) is 0 Å². The molecule has 30 heavy (non-hydrogen) atoms. The maximum Gasteiger partial charge on any atom is 0.295 e. The van der Waals surface area contributed by atoms with E-state index in [0.717, 1.165) is 18.9 Å². The minimum absolute atomic E-state index is 0.0918. The fourth-order valence-corrected chi connectivity index (χ4v) is 4.85. The summed E-state index contributed by atoms with van der Waals surface area (Å²) in [6, 6.07) is 9.05. The molecule has 0 unspecified atom stereocenters. The Bertz CT molecular complexity index is 1100. The Morgan fingerprint density at radius 1 is 1.07 bits per heavy atom. The van der Waals surface area contributed by atoms with Gasteiger partial charge in [0.15, 0.2) is 11.5 Å². The van der Waals surface area contributed by atoms with Gasteiger partial charge in [-0.2, -0.15) is 9.41 Å². The Balaban J connectivity index is 1.54.